The number of nitrogens with zero attached hydrogens (tertiary/aromatic N) is 2. The number of benzene rings is 1. The van der Waals surface area contributed by atoms with Crippen molar-refractivity contribution in [3.63, 3.8) is 0 Å². The quantitative estimate of drug-likeness (QED) is 0.854. The highest BCUT2D eigenvalue weighted by Crippen LogP contribution is 2.12. The first-order valence-electron chi connectivity index (χ1n) is 8.53. The first-order valence-corrected chi connectivity index (χ1v) is 8.53. The summed E-state index contributed by atoms with van der Waals surface area (Å²) in [5.41, 5.74) is 2.67. The fourth-order valence-corrected chi connectivity index (χ4v) is 2.80. The minimum atomic E-state index is -0.423. The van der Waals surface area contributed by atoms with E-state index < -0.39 is 6.03 Å². The van der Waals surface area contributed by atoms with E-state index >= 15 is 0 Å². The summed E-state index contributed by atoms with van der Waals surface area (Å²) in [4.78, 5) is 27.9. The van der Waals surface area contributed by atoms with Gasteiger partial charge in [-0.25, -0.2) is 4.79 Å². The Kier molecular flexibility index (Phi) is 6.75. The van der Waals surface area contributed by atoms with Crippen LogP contribution in [-0.4, -0.2) is 60.5 Å². The van der Waals surface area contributed by atoms with Gasteiger partial charge in [-0.2, -0.15) is 0 Å². The molecule has 1 aromatic carbocycles. The molecule has 6 heteroatoms. The lowest BCUT2D eigenvalue weighted by Crippen LogP contribution is -2.51. The number of amides is 3. The highest BCUT2D eigenvalue weighted by Gasteiger charge is 2.20. The number of carbonyl (C=O) groups is 2. The van der Waals surface area contributed by atoms with Gasteiger partial charge in [0.1, 0.15) is 0 Å². The van der Waals surface area contributed by atoms with Crippen LogP contribution in [0.5, 0.6) is 0 Å². The van der Waals surface area contributed by atoms with Gasteiger partial charge < -0.3 is 5.32 Å². The first kappa shape index (κ1) is 18.4. The molecule has 0 saturated carbocycles. The minimum absolute atomic E-state index is 0.0165. The molecule has 0 aromatic heterocycles. The molecule has 2 N–H and O–H groups in total. The molecule has 0 spiro atoms. The zero-order valence-electron chi connectivity index (χ0n) is 14.8. The van der Waals surface area contributed by atoms with Gasteiger partial charge in [0.25, 0.3) is 0 Å². The molecular formula is C18H28N4O2. The zero-order valence-corrected chi connectivity index (χ0v) is 14.8. The summed E-state index contributed by atoms with van der Waals surface area (Å²) < 4.78 is 0. The number of urea groups is 1. The van der Waals surface area contributed by atoms with Crippen LogP contribution < -0.4 is 10.6 Å². The molecule has 3 amide bonds. The van der Waals surface area contributed by atoms with Gasteiger partial charge in [0.2, 0.25) is 5.91 Å². The normalized spacial score (nSPS) is 16.2. The maximum Gasteiger partial charge on any atom is 0.321 e. The topological polar surface area (TPSA) is 64.7 Å². The van der Waals surface area contributed by atoms with E-state index in [1.165, 1.54) is 11.1 Å². The van der Waals surface area contributed by atoms with E-state index in [1.54, 1.807) is 0 Å². The Bertz CT molecular complexity index is 566. The molecular weight excluding hydrogens is 304 g/mol. The number of carbonyl (C=O) groups excluding carboxylic acids is 2. The average Bonchev–Trinajstić information content (AvgIpc) is 2.50. The van der Waals surface area contributed by atoms with E-state index in [1.807, 2.05) is 13.8 Å². The SMILES string of the molecule is Cc1ccccc1CN1CCN(CC(=O)NC(=O)NC(C)C)CC1. The van der Waals surface area contributed by atoms with Gasteiger partial charge >= 0.3 is 6.03 Å². The van der Waals surface area contributed by atoms with Gasteiger partial charge in [0.15, 0.2) is 0 Å². The zero-order chi connectivity index (χ0) is 17.5. The molecule has 1 aliphatic rings. The van der Waals surface area contributed by atoms with Crippen molar-refractivity contribution in [2.45, 2.75) is 33.4 Å². The lowest BCUT2D eigenvalue weighted by molar-refractivity contribution is -0.121. The summed E-state index contributed by atoms with van der Waals surface area (Å²) in [6, 6.07) is 8.03. The second kappa shape index (κ2) is 8.80. The highest BCUT2D eigenvalue weighted by atomic mass is 16.2. The van der Waals surface area contributed by atoms with Crippen LogP contribution in [0.1, 0.15) is 25.0 Å². The Balaban J connectivity index is 1.72. The summed E-state index contributed by atoms with van der Waals surface area (Å²) in [6.07, 6.45) is 0. The summed E-state index contributed by atoms with van der Waals surface area (Å²) in [5, 5.41) is 5.03. The van der Waals surface area contributed by atoms with Crippen LogP contribution in [0.15, 0.2) is 24.3 Å². The van der Waals surface area contributed by atoms with Crippen LogP contribution in [0, 0.1) is 6.92 Å². The van der Waals surface area contributed by atoms with E-state index in [0.29, 0.717) is 0 Å². The Hall–Kier alpha value is -1.92. The molecule has 1 aromatic rings. The lowest BCUT2D eigenvalue weighted by atomic mass is 10.1. The molecule has 6 nitrogen and oxygen atoms in total. The van der Waals surface area contributed by atoms with Crippen LogP contribution in [-0.2, 0) is 11.3 Å². The lowest BCUT2D eigenvalue weighted by Gasteiger charge is -2.34. The van der Waals surface area contributed by atoms with E-state index in [-0.39, 0.29) is 18.5 Å². The van der Waals surface area contributed by atoms with Crippen molar-refractivity contribution in [3.05, 3.63) is 35.4 Å². The molecule has 24 heavy (non-hydrogen) atoms. The predicted molar refractivity (Wildman–Crippen MR) is 94.7 cm³/mol. The Morgan fingerprint density at radius 1 is 1.08 bits per heavy atom. The molecule has 2 rings (SSSR count). The summed E-state index contributed by atoms with van der Waals surface area (Å²) in [5.74, 6) is -0.250. The Labute approximate surface area is 144 Å². The summed E-state index contributed by atoms with van der Waals surface area (Å²) in [7, 11) is 0. The number of piperazine rings is 1. The van der Waals surface area contributed by atoms with Crippen molar-refractivity contribution in [3.8, 4) is 0 Å². The maximum absolute atomic E-state index is 11.9. The van der Waals surface area contributed by atoms with Gasteiger partial charge in [0, 0.05) is 38.8 Å². The van der Waals surface area contributed by atoms with E-state index in [2.05, 4.69) is 51.6 Å². The molecule has 0 bridgehead atoms. The van der Waals surface area contributed by atoms with Crippen LogP contribution in [0.25, 0.3) is 0 Å². The number of rotatable bonds is 5. The molecule has 0 atom stereocenters. The van der Waals surface area contributed by atoms with Gasteiger partial charge in [-0.05, 0) is 31.9 Å². The van der Waals surface area contributed by atoms with Crippen LogP contribution >= 0.6 is 0 Å². The Morgan fingerprint density at radius 3 is 2.33 bits per heavy atom. The molecule has 1 saturated heterocycles. The van der Waals surface area contributed by atoms with Crippen molar-refractivity contribution in [1.29, 1.82) is 0 Å². The minimum Gasteiger partial charge on any atom is -0.336 e. The first-order chi connectivity index (χ1) is 11.4. The summed E-state index contributed by atoms with van der Waals surface area (Å²) >= 11 is 0. The molecule has 0 radical (unpaired) electrons. The van der Waals surface area contributed by atoms with Crippen molar-refractivity contribution < 1.29 is 9.59 Å². The standard InChI is InChI=1S/C18H28N4O2/c1-14(2)19-18(24)20-17(23)13-22-10-8-21(9-11-22)12-16-7-5-4-6-15(16)3/h4-7,14H,8-13H2,1-3H3,(H2,19,20,23,24). The maximum atomic E-state index is 11.9. The molecule has 0 unspecified atom stereocenters. The monoisotopic (exact) mass is 332 g/mol. The number of aryl methyl sites for hydroxylation is 1. The van der Waals surface area contributed by atoms with Crippen molar-refractivity contribution in [2.24, 2.45) is 0 Å². The van der Waals surface area contributed by atoms with E-state index in [9.17, 15) is 9.59 Å². The molecule has 132 valence electrons. The second-order valence-electron chi connectivity index (χ2n) is 6.66. The van der Waals surface area contributed by atoms with Crippen LogP contribution in [0.3, 0.4) is 0 Å². The highest BCUT2D eigenvalue weighted by molar-refractivity contribution is 5.95. The molecule has 1 fully saturated rings. The summed E-state index contributed by atoms with van der Waals surface area (Å²) in [6.45, 7) is 10.6. The van der Waals surface area contributed by atoms with Crippen LogP contribution in [0.4, 0.5) is 4.79 Å². The second-order valence-corrected chi connectivity index (χ2v) is 6.66. The fourth-order valence-electron chi connectivity index (χ4n) is 2.80. The Morgan fingerprint density at radius 2 is 1.71 bits per heavy atom. The number of nitrogens with one attached hydrogen (secondary N) is 2. The van der Waals surface area contributed by atoms with Crippen molar-refractivity contribution >= 4 is 11.9 Å². The molecule has 1 aliphatic heterocycles. The van der Waals surface area contributed by atoms with Crippen LogP contribution in [0.2, 0.25) is 0 Å². The number of imide groups is 1. The largest absolute Gasteiger partial charge is 0.336 e. The third-order valence-electron chi connectivity index (χ3n) is 4.16. The fraction of sp³-hybridized carbons (Fsp3) is 0.556. The van der Waals surface area contributed by atoms with Gasteiger partial charge in [-0.3, -0.25) is 19.9 Å². The smallest absolute Gasteiger partial charge is 0.321 e. The predicted octanol–water partition coefficient (Wildman–Crippen LogP) is 1.35. The number of hydrogen-bond acceptors (Lipinski definition) is 4. The van der Waals surface area contributed by atoms with Crippen molar-refractivity contribution in [2.75, 3.05) is 32.7 Å². The van der Waals surface area contributed by atoms with E-state index in [0.717, 1.165) is 32.7 Å². The third-order valence-corrected chi connectivity index (χ3v) is 4.16. The van der Waals surface area contributed by atoms with Gasteiger partial charge in [-0.1, -0.05) is 24.3 Å². The molecule has 1 heterocycles. The molecule has 0 aliphatic carbocycles. The average molecular weight is 332 g/mol. The van der Waals surface area contributed by atoms with Gasteiger partial charge in [0.05, 0.1) is 6.54 Å². The van der Waals surface area contributed by atoms with E-state index in [4.69, 9.17) is 0 Å². The third kappa shape index (κ3) is 5.94. The van der Waals surface area contributed by atoms with Crippen molar-refractivity contribution in [1.82, 2.24) is 20.4 Å². The van der Waals surface area contributed by atoms with Gasteiger partial charge in [-0.15, -0.1) is 0 Å². The number of hydrogen-bond donors (Lipinski definition) is 2.